The van der Waals surface area contributed by atoms with Crippen LogP contribution in [0.1, 0.15) is 30.1 Å². The lowest BCUT2D eigenvalue weighted by Crippen LogP contribution is -2.30. The van der Waals surface area contributed by atoms with E-state index in [2.05, 4.69) is 20.8 Å². The van der Waals surface area contributed by atoms with Crippen LogP contribution < -0.4 is 10.6 Å². The molecule has 7 heteroatoms. The van der Waals surface area contributed by atoms with Crippen LogP contribution in [0.15, 0.2) is 46.3 Å². The zero-order valence-electron chi connectivity index (χ0n) is 13.6. The molecule has 2 heterocycles. The Labute approximate surface area is 149 Å². The summed E-state index contributed by atoms with van der Waals surface area (Å²) in [6, 6.07) is 11.7. The van der Waals surface area contributed by atoms with Crippen molar-refractivity contribution in [1.82, 2.24) is 15.5 Å². The summed E-state index contributed by atoms with van der Waals surface area (Å²) in [4.78, 5) is 17.4. The van der Waals surface area contributed by atoms with Crippen molar-refractivity contribution < 1.29 is 9.32 Å². The van der Waals surface area contributed by atoms with Crippen LogP contribution in [0.2, 0.25) is 0 Å². The lowest BCUT2D eigenvalue weighted by molar-refractivity contribution is 0.252. The fourth-order valence-electron chi connectivity index (χ4n) is 2.54. The first kappa shape index (κ1) is 15.8. The second kappa shape index (κ2) is 7.06. The third-order valence-corrected chi connectivity index (χ3v) is 4.94. The van der Waals surface area contributed by atoms with Gasteiger partial charge in [0.05, 0.1) is 5.69 Å². The highest BCUT2D eigenvalue weighted by molar-refractivity contribution is 7.14. The Morgan fingerprint density at radius 2 is 2.08 bits per heavy atom. The largest absolute Gasteiger partial charge is 0.338 e. The Morgan fingerprint density at radius 1 is 1.24 bits per heavy atom. The summed E-state index contributed by atoms with van der Waals surface area (Å²) in [6.07, 6.45) is 3.04. The molecule has 4 rings (SSSR count). The van der Waals surface area contributed by atoms with Crippen molar-refractivity contribution in [2.75, 3.05) is 11.9 Å². The predicted octanol–water partition coefficient (Wildman–Crippen LogP) is 4.04. The Bertz CT molecular complexity index is 855. The van der Waals surface area contributed by atoms with Crippen LogP contribution in [0.25, 0.3) is 10.8 Å². The molecule has 3 aromatic rings. The summed E-state index contributed by atoms with van der Waals surface area (Å²) in [7, 11) is 0. The van der Waals surface area contributed by atoms with Gasteiger partial charge in [-0.25, -0.2) is 4.79 Å². The molecule has 1 aliphatic rings. The minimum Gasteiger partial charge on any atom is -0.338 e. The highest BCUT2D eigenvalue weighted by Gasteiger charge is 2.29. The number of benzene rings is 1. The molecule has 0 atom stereocenters. The van der Waals surface area contributed by atoms with E-state index in [-0.39, 0.29) is 6.03 Å². The lowest BCUT2D eigenvalue weighted by atomic mass is 10.1. The minimum absolute atomic E-state index is 0.238. The summed E-state index contributed by atoms with van der Waals surface area (Å²) in [5.74, 6) is 1.67. The van der Waals surface area contributed by atoms with E-state index in [9.17, 15) is 4.79 Å². The SMILES string of the molecule is O=C(NCCc1ccccc1)Nc1ccsc1-c1nc(C2CC2)no1. The molecule has 0 aliphatic heterocycles. The molecule has 2 N–H and O–H groups in total. The van der Waals surface area contributed by atoms with Crippen molar-refractivity contribution in [2.24, 2.45) is 0 Å². The Balaban J connectivity index is 1.34. The van der Waals surface area contributed by atoms with E-state index < -0.39 is 0 Å². The van der Waals surface area contributed by atoms with Gasteiger partial charge in [0.15, 0.2) is 5.82 Å². The number of carbonyl (C=O) groups is 1. The number of thiophene rings is 1. The van der Waals surface area contributed by atoms with E-state index in [0.29, 0.717) is 24.0 Å². The quantitative estimate of drug-likeness (QED) is 0.700. The van der Waals surface area contributed by atoms with Crippen molar-refractivity contribution in [1.29, 1.82) is 0 Å². The first-order valence-electron chi connectivity index (χ1n) is 8.30. The van der Waals surface area contributed by atoms with Gasteiger partial charge in [0, 0.05) is 12.5 Å². The van der Waals surface area contributed by atoms with Crippen molar-refractivity contribution in [3.8, 4) is 10.8 Å². The number of urea groups is 1. The molecule has 0 bridgehead atoms. The molecule has 1 fully saturated rings. The molecule has 0 spiro atoms. The van der Waals surface area contributed by atoms with E-state index in [4.69, 9.17) is 4.52 Å². The topological polar surface area (TPSA) is 80.0 Å². The third kappa shape index (κ3) is 3.88. The summed E-state index contributed by atoms with van der Waals surface area (Å²) >= 11 is 1.47. The first-order chi connectivity index (χ1) is 12.3. The van der Waals surface area contributed by atoms with Gasteiger partial charge in [-0.1, -0.05) is 35.5 Å². The van der Waals surface area contributed by atoms with Gasteiger partial charge in [-0.2, -0.15) is 4.98 Å². The van der Waals surface area contributed by atoms with Gasteiger partial charge in [0.1, 0.15) is 4.88 Å². The second-order valence-electron chi connectivity index (χ2n) is 6.01. The number of amides is 2. The van der Waals surface area contributed by atoms with E-state index in [1.807, 2.05) is 41.8 Å². The van der Waals surface area contributed by atoms with E-state index >= 15 is 0 Å². The van der Waals surface area contributed by atoms with Crippen molar-refractivity contribution in [2.45, 2.75) is 25.2 Å². The molecule has 2 aromatic heterocycles. The number of aromatic nitrogens is 2. The summed E-state index contributed by atoms with van der Waals surface area (Å²) in [5, 5.41) is 11.7. The number of anilines is 1. The van der Waals surface area contributed by atoms with Gasteiger partial charge in [-0.3, -0.25) is 0 Å². The predicted molar refractivity (Wildman–Crippen MR) is 96.8 cm³/mol. The molecule has 6 nitrogen and oxygen atoms in total. The number of hydrogen-bond donors (Lipinski definition) is 2. The van der Waals surface area contributed by atoms with Gasteiger partial charge in [-0.15, -0.1) is 11.3 Å². The molecule has 128 valence electrons. The third-order valence-electron chi connectivity index (χ3n) is 4.03. The van der Waals surface area contributed by atoms with Gasteiger partial charge in [0.2, 0.25) is 0 Å². The fourth-order valence-corrected chi connectivity index (χ4v) is 3.31. The molecule has 1 aromatic carbocycles. The van der Waals surface area contributed by atoms with Gasteiger partial charge in [-0.05, 0) is 36.3 Å². The molecule has 0 unspecified atom stereocenters. The molecule has 0 radical (unpaired) electrons. The van der Waals surface area contributed by atoms with Gasteiger partial charge >= 0.3 is 6.03 Å². The van der Waals surface area contributed by atoms with E-state index in [1.54, 1.807) is 0 Å². The average molecular weight is 354 g/mol. The average Bonchev–Trinajstić information content (AvgIpc) is 3.18. The van der Waals surface area contributed by atoms with Crippen LogP contribution in [0.5, 0.6) is 0 Å². The maximum Gasteiger partial charge on any atom is 0.319 e. The highest BCUT2D eigenvalue weighted by Crippen LogP contribution is 2.40. The van der Waals surface area contributed by atoms with Crippen LogP contribution in [-0.2, 0) is 6.42 Å². The monoisotopic (exact) mass is 354 g/mol. The van der Waals surface area contributed by atoms with Crippen molar-refractivity contribution in [3.63, 3.8) is 0 Å². The molecule has 1 saturated carbocycles. The van der Waals surface area contributed by atoms with Crippen LogP contribution in [0, 0.1) is 0 Å². The van der Waals surface area contributed by atoms with Crippen LogP contribution in [0.3, 0.4) is 0 Å². The number of nitrogens with zero attached hydrogens (tertiary/aromatic N) is 2. The molecular formula is C18H18N4O2S. The van der Waals surface area contributed by atoms with E-state index in [1.165, 1.54) is 16.9 Å². The van der Waals surface area contributed by atoms with E-state index in [0.717, 1.165) is 30.0 Å². The Morgan fingerprint density at radius 3 is 2.88 bits per heavy atom. The fraction of sp³-hybridized carbons (Fsp3) is 0.278. The van der Waals surface area contributed by atoms with Gasteiger partial charge in [0.25, 0.3) is 5.89 Å². The number of rotatable bonds is 6. The van der Waals surface area contributed by atoms with Crippen LogP contribution in [0.4, 0.5) is 10.5 Å². The smallest absolute Gasteiger partial charge is 0.319 e. The number of nitrogens with one attached hydrogen (secondary N) is 2. The lowest BCUT2D eigenvalue weighted by Gasteiger charge is -2.07. The molecule has 25 heavy (non-hydrogen) atoms. The van der Waals surface area contributed by atoms with Gasteiger partial charge < -0.3 is 15.2 Å². The molecule has 1 aliphatic carbocycles. The maximum absolute atomic E-state index is 12.1. The number of carbonyl (C=O) groups excluding carboxylic acids is 1. The summed E-state index contributed by atoms with van der Waals surface area (Å²) in [5.41, 5.74) is 1.88. The summed E-state index contributed by atoms with van der Waals surface area (Å²) in [6.45, 7) is 0.571. The Kier molecular flexibility index (Phi) is 4.47. The zero-order valence-corrected chi connectivity index (χ0v) is 14.4. The first-order valence-corrected chi connectivity index (χ1v) is 9.18. The highest BCUT2D eigenvalue weighted by atomic mass is 32.1. The second-order valence-corrected chi connectivity index (χ2v) is 6.93. The minimum atomic E-state index is -0.238. The zero-order chi connectivity index (χ0) is 17.1. The Hall–Kier alpha value is -2.67. The normalized spacial score (nSPS) is 13.6. The standard InChI is InChI=1S/C18H18N4O2S/c23-18(19-10-8-12-4-2-1-3-5-12)20-14-9-11-25-15(14)17-21-16(22-24-17)13-6-7-13/h1-5,9,11,13H,6-8,10H2,(H2,19,20,23). The van der Waals surface area contributed by atoms with Crippen molar-refractivity contribution in [3.05, 3.63) is 53.2 Å². The maximum atomic E-state index is 12.1. The number of hydrogen-bond acceptors (Lipinski definition) is 5. The summed E-state index contributed by atoms with van der Waals surface area (Å²) < 4.78 is 5.35. The van der Waals surface area contributed by atoms with Crippen LogP contribution in [-0.4, -0.2) is 22.7 Å². The van der Waals surface area contributed by atoms with Crippen molar-refractivity contribution >= 4 is 23.1 Å². The molecule has 0 saturated heterocycles. The van der Waals surface area contributed by atoms with Crippen LogP contribution >= 0.6 is 11.3 Å². The molecular weight excluding hydrogens is 336 g/mol. The molecule has 2 amide bonds.